The summed E-state index contributed by atoms with van der Waals surface area (Å²) in [6.45, 7) is 2.11. The highest BCUT2D eigenvalue weighted by molar-refractivity contribution is 9.24. The van der Waals surface area contributed by atoms with Gasteiger partial charge in [-0.2, -0.15) is 0 Å². The third-order valence-electron chi connectivity index (χ3n) is 2.95. The Kier molecular flexibility index (Phi) is 7.37. The van der Waals surface area contributed by atoms with Crippen molar-refractivity contribution in [2.45, 2.75) is 42.8 Å². The van der Waals surface area contributed by atoms with Gasteiger partial charge < -0.3 is 14.9 Å². The number of carboxylic acid groups (broad SMARTS) is 1. The van der Waals surface area contributed by atoms with Crippen LogP contribution in [0.2, 0.25) is 0 Å². The van der Waals surface area contributed by atoms with E-state index in [-0.39, 0.29) is 15.2 Å². The summed E-state index contributed by atoms with van der Waals surface area (Å²) in [5, 5.41) is 18.9. The molecule has 0 unspecified atom stereocenters. The molecular weight excluding hydrogens is 392 g/mol. The van der Waals surface area contributed by atoms with Gasteiger partial charge in [0.15, 0.2) is 11.5 Å². The van der Waals surface area contributed by atoms with E-state index in [2.05, 4.69) is 43.5 Å². The van der Waals surface area contributed by atoms with Crippen LogP contribution in [-0.4, -0.2) is 20.1 Å². The molecule has 2 N–H and O–H groups in total. The molecule has 1 aromatic rings. The molecule has 0 fully saturated rings. The maximum absolute atomic E-state index is 10.6. The zero-order valence-electron chi connectivity index (χ0n) is 11.2. The lowest BCUT2D eigenvalue weighted by Crippen LogP contribution is -2.05. The predicted molar refractivity (Wildman–Crippen MR) is 85.3 cm³/mol. The van der Waals surface area contributed by atoms with E-state index < -0.39 is 6.16 Å². The first kappa shape index (κ1) is 17.3. The fraction of sp³-hybridized carbons (Fsp3) is 0.500. The largest absolute Gasteiger partial charge is 0.511 e. The summed E-state index contributed by atoms with van der Waals surface area (Å²) < 4.78 is 4.75. The van der Waals surface area contributed by atoms with Crippen molar-refractivity contribution in [1.82, 2.24) is 0 Å². The minimum Gasteiger partial charge on any atom is -0.504 e. The third-order valence-corrected chi connectivity index (χ3v) is 3.87. The zero-order chi connectivity index (χ0) is 15.1. The van der Waals surface area contributed by atoms with Crippen LogP contribution in [0.3, 0.4) is 0 Å². The van der Waals surface area contributed by atoms with Crippen molar-refractivity contribution < 1.29 is 19.7 Å². The number of unbranched alkanes of at least 4 members (excludes halogenated alkanes) is 1. The van der Waals surface area contributed by atoms with Crippen LogP contribution in [0.15, 0.2) is 12.1 Å². The van der Waals surface area contributed by atoms with Crippen molar-refractivity contribution >= 4 is 38.0 Å². The van der Waals surface area contributed by atoms with Gasteiger partial charge in [-0.3, -0.25) is 0 Å². The Balaban J connectivity index is 3.04. The van der Waals surface area contributed by atoms with Crippen LogP contribution >= 0.6 is 31.9 Å². The normalized spacial score (nSPS) is 10.8. The molecule has 112 valence electrons. The lowest BCUT2D eigenvalue weighted by Gasteiger charge is -2.14. The fourth-order valence-electron chi connectivity index (χ4n) is 1.97. The summed E-state index contributed by atoms with van der Waals surface area (Å²) in [7, 11) is 0. The van der Waals surface area contributed by atoms with Crippen LogP contribution in [0.25, 0.3) is 0 Å². The van der Waals surface area contributed by atoms with E-state index in [0.29, 0.717) is 6.42 Å². The number of ether oxygens (including phenoxy) is 1. The van der Waals surface area contributed by atoms with Gasteiger partial charge in [-0.25, -0.2) is 4.79 Å². The highest BCUT2D eigenvalue weighted by Crippen LogP contribution is 2.35. The van der Waals surface area contributed by atoms with Gasteiger partial charge in [0.2, 0.25) is 0 Å². The van der Waals surface area contributed by atoms with Gasteiger partial charge in [0.25, 0.3) is 0 Å². The molecule has 4 nitrogen and oxygen atoms in total. The monoisotopic (exact) mass is 408 g/mol. The lowest BCUT2D eigenvalue weighted by molar-refractivity contribution is 0.143. The molecule has 0 radical (unpaired) electrons. The molecule has 0 spiro atoms. The van der Waals surface area contributed by atoms with Crippen LogP contribution in [0.5, 0.6) is 11.5 Å². The molecule has 0 aromatic heterocycles. The van der Waals surface area contributed by atoms with E-state index >= 15 is 0 Å². The average molecular weight is 410 g/mol. The van der Waals surface area contributed by atoms with E-state index in [0.717, 1.165) is 36.8 Å². The van der Waals surface area contributed by atoms with Crippen LogP contribution in [-0.2, 0) is 12.8 Å². The van der Waals surface area contributed by atoms with Crippen molar-refractivity contribution in [2.24, 2.45) is 0 Å². The summed E-state index contributed by atoms with van der Waals surface area (Å²) in [5.74, 6) is -0.0740. The Bertz CT molecular complexity index is 461. The second-order valence-corrected chi connectivity index (χ2v) is 7.89. The minimum absolute atomic E-state index is 0.00607. The number of benzene rings is 1. The maximum Gasteiger partial charge on any atom is 0.511 e. The van der Waals surface area contributed by atoms with E-state index in [1.807, 2.05) is 6.07 Å². The fourth-order valence-corrected chi connectivity index (χ4v) is 2.42. The SMILES string of the molecule is CCCCc1ccc(OC(=O)O)c(O)c1CCC(Br)Br. The average Bonchev–Trinajstić information content (AvgIpc) is 2.37. The van der Waals surface area contributed by atoms with Crippen molar-refractivity contribution in [2.75, 3.05) is 0 Å². The number of hydrogen-bond donors (Lipinski definition) is 2. The Morgan fingerprint density at radius 2 is 2.05 bits per heavy atom. The van der Waals surface area contributed by atoms with Gasteiger partial charge in [0.1, 0.15) is 0 Å². The molecule has 1 rings (SSSR count). The standard InChI is InChI=1S/C14H18Br2O4/c1-2-3-4-9-5-7-11(20-14(18)19)13(17)10(9)6-8-12(15)16/h5,7,12,17H,2-4,6,8H2,1H3,(H,18,19). The van der Waals surface area contributed by atoms with Crippen LogP contribution in [0.4, 0.5) is 4.79 Å². The molecule has 0 amide bonds. The van der Waals surface area contributed by atoms with Gasteiger partial charge in [0.05, 0.1) is 3.74 Å². The second-order valence-electron chi connectivity index (χ2n) is 4.45. The molecule has 0 aliphatic rings. The molecule has 0 aliphatic heterocycles. The molecule has 1 aromatic carbocycles. The first-order valence-corrected chi connectivity index (χ1v) is 8.31. The van der Waals surface area contributed by atoms with Crippen LogP contribution in [0, 0.1) is 0 Å². The highest BCUT2D eigenvalue weighted by atomic mass is 79.9. The number of carbonyl (C=O) groups is 1. The Hall–Kier alpha value is -0.750. The molecule has 0 saturated heterocycles. The Morgan fingerprint density at radius 3 is 2.60 bits per heavy atom. The number of phenolic OH excluding ortho intramolecular Hbond substituents is 1. The summed E-state index contributed by atoms with van der Waals surface area (Å²) in [5.41, 5.74) is 1.81. The van der Waals surface area contributed by atoms with Gasteiger partial charge in [-0.05, 0) is 37.3 Å². The molecule has 0 saturated carbocycles. The predicted octanol–water partition coefficient (Wildman–Crippen LogP) is 4.84. The van der Waals surface area contributed by atoms with Crippen molar-refractivity contribution in [3.8, 4) is 11.5 Å². The van der Waals surface area contributed by atoms with Gasteiger partial charge in [-0.15, -0.1) is 0 Å². The number of phenols is 1. The minimum atomic E-state index is -1.42. The molecule has 0 atom stereocenters. The number of aromatic hydroxyl groups is 1. The smallest absolute Gasteiger partial charge is 0.504 e. The first-order chi connectivity index (χ1) is 9.45. The number of rotatable bonds is 7. The summed E-state index contributed by atoms with van der Waals surface area (Å²) in [6.07, 6.45) is 2.95. The van der Waals surface area contributed by atoms with Crippen LogP contribution in [0.1, 0.15) is 37.3 Å². The molecule has 0 aliphatic carbocycles. The number of aryl methyl sites for hydroxylation is 1. The van der Waals surface area contributed by atoms with Gasteiger partial charge in [-0.1, -0.05) is 51.3 Å². The van der Waals surface area contributed by atoms with Crippen molar-refractivity contribution in [3.05, 3.63) is 23.3 Å². The molecule has 0 heterocycles. The quantitative estimate of drug-likeness (QED) is 0.384. The van der Waals surface area contributed by atoms with Crippen molar-refractivity contribution in [1.29, 1.82) is 0 Å². The van der Waals surface area contributed by atoms with Gasteiger partial charge in [0, 0.05) is 5.56 Å². The summed E-state index contributed by atoms with van der Waals surface area (Å²) in [6, 6.07) is 3.35. The molecule has 6 heteroatoms. The Labute approximate surface area is 135 Å². The third kappa shape index (κ3) is 5.32. The molecular formula is C14H18Br2O4. The van der Waals surface area contributed by atoms with Crippen molar-refractivity contribution in [3.63, 3.8) is 0 Å². The first-order valence-electron chi connectivity index (χ1n) is 6.48. The molecule has 0 bridgehead atoms. The number of alkyl halides is 2. The summed E-state index contributed by atoms with van der Waals surface area (Å²) >= 11 is 6.80. The van der Waals surface area contributed by atoms with Crippen LogP contribution < -0.4 is 4.74 Å². The number of halogens is 2. The second kappa shape index (κ2) is 8.52. The highest BCUT2D eigenvalue weighted by Gasteiger charge is 2.16. The van der Waals surface area contributed by atoms with E-state index in [4.69, 9.17) is 5.11 Å². The Morgan fingerprint density at radius 1 is 1.35 bits per heavy atom. The zero-order valence-corrected chi connectivity index (χ0v) is 14.4. The topological polar surface area (TPSA) is 66.8 Å². The number of hydrogen-bond acceptors (Lipinski definition) is 3. The maximum atomic E-state index is 10.6. The summed E-state index contributed by atoms with van der Waals surface area (Å²) in [4.78, 5) is 10.6. The molecule has 20 heavy (non-hydrogen) atoms. The van der Waals surface area contributed by atoms with Gasteiger partial charge >= 0.3 is 6.16 Å². The van der Waals surface area contributed by atoms with E-state index in [1.165, 1.54) is 6.07 Å². The van der Waals surface area contributed by atoms with E-state index in [9.17, 15) is 9.90 Å². The van der Waals surface area contributed by atoms with E-state index in [1.54, 1.807) is 0 Å². The lowest BCUT2D eigenvalue weighted by atomic mass is 9.97.